The van der Waals surface area contributed by atoms with Crippen LogP contribution in [0, 0.1) is 5.41 Å². The third kappa shape index (κ3) is 1.31. The molecule has 0 aromatic carbocycles. The summed E-state index contributed by atoms with van der Waals surface area (Å²) in [6.07, 6.45) is 3.30. The highest BCUT2D eigenvalue weighted by atomic mass is 16.7. The van der Waals surface area contributed by atoms with Gasteiger partial charge in [-0.1, -0.05) is 0 Å². The van der Waals surface area contributed by atoms with Crippen molar-refractivity contribution in [1.29, 1.82) is 0 Å². The van der Waals surface area contributed by atoms with Crippen LogP contribution in [0.15, 0.2) is 0 Å². The highest BCUT2D eigenvalue weighted by molar-refractivity contribution is 5.79. The molecule has 2 aliphatic rings. The molecule has 2 fully saturated rings. The summed E-state index contributed by atoms with van der Waals surface area (Å²) in [5.41, 5.74) is -0.544. The van der Waals surface area contributed by atoms with E-state index in [1.165, 1.54) is 0 Å². The van der Waals surface area contributed by atoms with E-state index in [1.807, 2.05) is 6.92 Å². The van der Waals surface area contributed by atoms with E-state index in [0.29, 0.717) is 13.2 Å². The van der Waals surface area contributed by atoms with Crippen LogP contribution in [0.2, 0.25) is 0 Å². The largest absolute Gasteiger partial charge is 0.465 e. The molecule has 15 heavy (non-hydrogen) atoms. The third-order valence-electron chi connectivity index (χ3n) is 3.70. The molecule has 4 nitrogen and oxygen atoms in total. The number of fused-ring (bicyclic) bond motifs is 1. The monoisotopic (exact) mass is 214 g/mol. The van der Waals surface area contributed by atoms with Crippen molar-refractivity contribution in [2.24, 2.45) is 5.41 Å². The lowest BCUT2D eigenvalue weighted by Crippen LogP contribution is -2.48. The Bertz CT molecular complexity index is 251. The zero-order valence-electron chi connectivity index (χ0n) is 9.38. The molecule has 1 saturated heterocycles. The second-order valence-corrected chi connectivity index (χ2v) is 4.21. The lowest BCUT2D eigenvalue weighted by molar-refractivity contribution is -0.237. The fraction of sp³-hybridized carbons (Fsp3) is 0.909. The van der Waals surface area contributed by atoms with Gasteiger partial charge in [-0.2, -0.15) is 0 Å². The van der Waals surface area contributed by atoms with Crippen LogP contribution in [0.4, 0.5) is 0 Å². The molecule has 4 heteroatoms. The van der Waals surface area contributed by atoms with E-state index in [2.05, 4.69) is 0 Å². The SMILES string of the molecule is CCOC(=O)C12CCCC1(OC)OCC2. The summed E-state index contributed by atoms with van der Waals surface area (Å²) in [4.78, 5) is 12.0. The minimum atomic E-state index is -0.709. The summed E-state index contributed by atoms with van der Waals surface area (Å²) in [6.45, 7) is 2.83. The number of methoxy groups -OCH3 is 1. The lowest BCUT2D eigenvalue weighted by atomic mass is 9.80. The van der Waals surface area contributed by atoms with E-state index in [1.54, 1.807) is 7.11 Å². The minimum Gasteiger partial charge on any atom is -0.465 e. The maximum Gasteiger partial charge on any atom is 0.317 e. The van der Waals surface area contributed by atoms with Crippen molar-refractivity contribution in [3.05, 3.63) is 0 Å². The Morgan fingerprint density at radius 3 is 2.87 bits per heavy atom. The highest BCUT2D eigenvalue weighted by Gasteiger charge is 2.65. The average Bonchev–Trinajstić information content (AvgIpc) is 2.72. The molecule has 0 radical (unpaired) electrons. The Morgan fingerprint density at radius 1 is 1.40 bits per heavy atom. The first-order valence-electron chi connectivity index (χ1n) is 5.57. The number of carbonyl (C=O) groups is 1. The zero-order chi connectivity index (χ0) is 10.9. The van der Waals surface area contributed by atoms with Crippen molar-refractivity contribution in [3.8, 4) is 0 Å². The lowest BCUT2D eigenvalue weighted by Gasteiger charge is -2.35. The van der Waals surface area contributed by atoms with E-state index in [-0.39, 0.29) is 5.97 Å². The Morgan fingerprint density at radius 2 is 2.20 bits per heavy atom. The van der Waals surface area contributed by atoms with E-state index >= 15 is 0 Å². The molecular formula is C11H18O4. The summed E-state index contributed by atoms with van der Waals surface area (Å²) < 4.78 is 16.3. The quantitative estimate of drug-likeness (QED) is 0.667. The summed E-state index contributed by atoms with van der Waals surface area (Å²) in [7, 11) is 1.62. The van der Waals surface area contributed by atoms with Crippen molar-refractivity contribution >= 4 is 5.97 Å². The van der Waals surface area contributed by atoms with Gasteiger partial charge in [-0.3, -0.25) is 4.79 Å². The van der Waals surface area contributed by atoms with Crippen LogP contribution in [-0.4, -0.2) is 32.1 Å². The van der Waals surface area contributed by atoms with Crippen LogP contribution in [-0.2, 0) is 19.0 Å². The van der Waals surface area contributed by atoms with Gasteiger partial charge in [0, 0.05) is 13.5 Å². The molecule has 1 heterocycles. The van der Waals surface area contributed by atoms with Crippen LogP contribution in [0.5, 0.6) is 0 Å². The molecule has 2 atom stereocenters. The topological polar surface area (TPSA) is 44.8 Å². The number of hydrogen-bond donors (Lipinski definition) is 0. The molecule has 0 bridgehead atoms. The molecule has 86 valence electrons. The van der Waals surface area contributed by atoms with Gasteiger partial charge >= 0.3 is 5.97 Å². The molecule has 0 aromatic rings. The summed E-state index contributed by atoms with van der Waals surface area (Å²) in [5, 5.41) is 0. The van der Waals surface area contributed by atoms with Gasteiger partial charge in [-0.25, -0.2) is 0 Å². The second kappa shape index (κ2) is 3.76. The number of carbonyl (C=O) groups excluding carboxylic acids is 1. The van der Waals surface area contributed by atoms with Gasteiger partial charge in [-0.05, 0) is 26.2 Å². The molecular weight excluding hydrogens is 196 g/mol. The van der Waals surface area contributed by atoms with Gasteiger partial charge in [-0.15, -0.1) is 0 Å². The molecule has 1 saturated carbocycles. The Labute approximate surface area is 89.9 Å². The van der Waals surface area contributed by atoms with Gasteiger partial charge < -0.3 is 14.2 Å². The summed E-state index contributed by atoms with van der Waals surface area (Å²) >= 11 is 0. The van der Waals surface area contributed by atoms with E-state index in [4.69, 9.17) is 14.2 Å². The van der Waals surface area contributed by atoms with Gasteiger partial charge in [0.15, 0.2) is 5.79 Å². The number of hydrogen-bond acceptors (Lipinski definition) is 4. The van der Waals surface area contributed by atoms with Crippen molar-refractivity contribution in [2.75, 3.05) is 20.3 Å². The van der Waals surface area contributed by atoms with Gasteiger partial charge in [0.1, 0.15) is 5.41 Å². The molecule has 0 aromatic heterocycles. The fourth-order valence-electron chi connectivity index (χ4n) is 2.95. The maximum atomic E-state index is 12.0. The normalized spacial score (nSPS) is 39.1. The van der Waals surface area contributed by atoms with Gasteiger partial charge in [0.05, 0.1) is 13.2 Å². The molecule has 2 rings (SSSR count). The van der Waals surface area contributed by atoms with Crippen LogP contribution < -0.4 is 0 Å². The predicted molar refractivity (Wildman–Crippen MR) is 53.2 cm³/mol. The van der Waals surface area contributed by atoms with Crippen molar-refractivity contribution < 1.29 is 19.0 Å². The molecule has 2 unspecified atom stereocenters. The second-order valence-electron chi connectivity index (χ2n) is 4.21. The number of ether oxygens (including phenoxy) is 3. The smallest absolute Gasteiger partial charge is 0.317 e. The Kier molecular flexibility index (Phi) is 2.73. The van der Waals surface area contributed by atoms with Crippen LogP contribution >= 0.6 is 0 Å². The summed E-state index contributed by atoms with van der Waals surface area (Å²) in [5.74, 6) is -0.860. The highest BCUT2D eigenvalue weighted by Crippen LogP contribution is 2.56. The Hall–Kier alpha value is -0.610. The molecule has 0 N–H and O–H groups in total. The maximum absolute atomic E-state index is 12.0. The van der Waals surface area contributed by atoms with E-state index in [0.717, 1.165) is 25.7 Å². The van der Waals surface area contributed by atoms with Gasteiger partial charge in [0.25, 0.3) is 0 Å². The zero-order valence-corrected chi connectivity index (χ0v) is 9.38. The Balaban J connectivity index is 2.27. The fourth-order valence-corrected chi connectivity index (χ4v) is 2.95. The van der Waals surface area contributed by atoms with E-state index < -0.39 is 11.2 Å². The standard InChI is InChI=1S/C11H18O4/c1-3-14-9(12)10-5-4-6-11(10,13-2)15-8-7-10/h3-8H2,1-2H3. The first-order valence-corrected chi connectivity index (χ1v) is 5.57. The third-order valence-corrected chi connectivity index (χ3v) is 3.70. The predicted octanol–water partition coefficient (Wildman–Crippen LogP) is 1.48. The van der Waals surface area contributed by atoms with Crippen LogP contribution in [0.1, 0.15) is 32.6 Å². The molecule has 0 amide bonds. The van der Waals surface area contributed by atoms with Crippen molar-refractivity contribution in [2.45, 2.75) is 38.4 Å². The van der Waals surface area contributed by atoms with Crippen LogP contribution in [0.3, 0.4) is 0 Å². The number of rotatable bonds is 3. The van der Waals surface area contributed by atoms with Crippen molar-refractivity contribution in [3.63, 3.8) is 0 Å². The van der Waals surface area contributed by atoms with E-state index in [9.17, 15) is 4.79 Å². The minimum absolute atomic E-state index is 0.151. The summed E-state index contributed by atoms with van der Waals surface area (Å²) in [6, 6.07) is 0. The molecule has 1 aliphatic carbocycles. The van der Waals surface area contributed by atoms with Gasteiger partial charge in [0.2, 0.25) is 0 Å². The van der Waals surface area contributed by atoms with Crippen molar-refractivity contribution in [1.82, 2.24) is 0 Å². The average molecular weight is 214 g/mol. The van der Waals surface area contributed by atoms with Crippen LogP contribution in [0.25, 0.3) is 0 Å². The number of esters is 1. The first kappa shape index (κ1) is 10.9. The molecule has 0 spiro atoms. The molecule has 1 aliphatic heterocycles. The first-order chi connectivity index (χ1) is 7.21.